The number of aryl methyl sites for hydroxylation is 1. The fourth-order valence-corrected chi connectivity index (χ4v) is 1.78. The Morgan fingerprint density at radius 1 is 1.11 bits per heavy atom. The second-order valence-corrected chi connectivity index (χ2v) is 3.94. The van der Waals surface area contributed by atoms with Crippen molar-refractivity contribution in [2.24, 2.45) is 0 Å². The molecule has 0 N–H and O–H groups in total. The number of pyridine rings is 1. The maximum absolute atomic E-state index is 13.6. The first-order valence-electron chi connectivity index (χ1n) is 5.67. The van der Waals surface area contributed by atoms with Crippen LogP contribution in [0.1, 0.15) is 28.4 Å². The van der Waals surface area contributed by atoms with Gasteiger partial charge in [-0.15, -0.1) is 0 Å². The highest BCUT2D eigenvalue weighted by atomic mass is 19.2. The first kappa shape index (κ1) is 13.3. The Hall–Kier alpha value is -2.17. The van der Waals surface area contributed by atoms with E-state index in [1.807, 2.05) is 6.92 Å². The van der Waals surface area contributed by atoms with Gasteiger partial charge in [0.05, 0.1) is 5.56 Å². The molecule has 0 unspecified atom stereocenters. The summed E-state index contributed by atoms with van der Waals surface area (Å²) >= 11 is 0. The number of aromatic nitrogens is 1. The van der Waals surface area contributed by atoms with Gasteiger partial charge in [0.15, 0.2) is 23.2 Å². The van der Waals surface area contributed by atoms with Crippen LogP contribution in [-0.4, -0.2) is 10.8 Å². The maximum atomic E-state index is 13.6. The Morgan fingerprint density at radius 2 is 1.84 bits per heavy atom. The molecule has 2 aromatic rings. The highest BCUT2D eigenvalue weighted by molar-refractivity contribution is 6.10. The van der Waals surface area contributed by atoms with Gasteiger partial charge in [0.1, 0.15) is 0 Å². The molecule has 2 nitrogen and oxygen atoms in total. The van der Waals surface area contributed by atoms with Crippen LogP contribution in [0.3, 0.4) is 0 Å². The lowest BCUT2D eigenvalue weighted by atomic mass is 9.98. The lowest BCUT2D eigenvalue weighted by Gasteiger charge is -2.07. The number of rotatable bonds is 3. The molecule has 0 aliphatic carbocycles. The number of halogens is 3. The number of benzene rings is 1. The highest BCUT2D eigenvalue weighted by Crippen LogP contribution is 2.20. The van der Waals surface area contributed by atoms with Crippen LogP contribution in [0.25, 0.3) is 0 Å². The summed E-state index contributed by atoms with van der Waals surface area (Å²) in [5.41, 5.74) is 0.374. The smallest absolute Gasteiger partial charge is 0.196 e. The van der Waals surface area contributed by atoms with Crippen LogP contribution in [-0.2, 0) is 6.42 Å². The molecule has 0 saturated heterocycles. The normalized spacial score (nSPS) is 10.5. The number of hydrogen-bond donors (Lipinski definition) is 0. The molecule has 1 aromatic carbocycles. The van der Waals surface area contributed by atoms with Gasteiger partial charge in [0, 0.05) is 18.0 Å². The summed E-state index contributed by atoms with van der Waals surface area (Å²) in [4.78, 5) is 16.0. The minimum absolute atomic E-state index is 0.238. The summed E-state index contributed by atoms with van der Waals surface area (Å²) in [7, 11) is 0. The van der Waals surface area contributed by atoms with E-state index in [1.165, 1.54) is 18.5 Å². The zero-order valence-corrected chi connectivity index (χ0v) is 10.1. The number of carbonyl (C=O) groups excluding carboxylic acids is 1. The van der Waals surface area contributed by atoms with Gasteiger partial charge in [-0.2, -0.15) is 0 Å². The molecule has 0 bridgehead atoms. The molecule has 1 aromatic heterocycles. The lowest BCUT2D eigenvalue weighted by Crippen LogP contribution is -2.09. The van der Waals surface area contributed by atoms with Crippen molar-refractivity contribution in [1.29, 1.82) is 0 Å². The average Bonchev–Trinajstić information content (AvgIpc) is 2.44. The third kappa shape index (κ3) is 2.36. The van der Waals surface area contributed by atoms with E-state index in [2.05, 4.69) is 4.98 Å². The zero-order chi connectivity index (χ0) is 14.0. The molecule has 2 rings (SSSR count). The van der Waals surface area contributed by atoms with Gasteiger partial charge in [0.25, 0.3) is 0 Å². The Labute approximate surface area is 107 Å². The van der Waals surface area contributed by atoms with E-state index in [1.54, 1.807) is 0 Å². The number of carbonyl (C=O) groups is 1. The first-order chi connectivity index (χ1) is 9.06. The van der Waals surface area contributed by atoms with Crippen LogP contribution in [0.15, 0.2) is 30.6 Å². The van der Waals surface area contributed by atoms with Crippen molar-refractivity contribution in [3.05, 3.63) is 64.7 Å². The van der Waals surface area contributed by atoms with E-state index in [4.69, 9.17) is 0 Å². The van der Waals surface area contributed by atoms with Gasteiger partial charge < -0.3 is 0 Å². The van der Waals surface area contributed by atoms with E-state index in [-0.39, 0.29) is 5.56 Å². The highest BCUT2D eigenvalue weighted by Gasteiger charge is 2.21. The minimum atomic E-state index is -1.64. The summed E-state index contributed by atoms with van der Waals surface area (Å²) in [5, 5.41) is 0. The molecule has 19 heavy (non-hydrogen) atoms. The molecule has 0 radical (unpaired) electrons. The monoisotopic (exact) mass is 265 g/mol. The molecule has 98 valence electrons. The fraction of sp³-hybridized carbons (Fsp3) is 0.143. The number of ketones is 1. The van der Waals surface area contributed by atoms with E-state index in [0.717, 1.165) is 12.1 Å². The summed E-state index contributed by atoms with van der Waals surface area (Å²) in [6.45, 7) is 1.81. The van der Waals surface area contributed by atoms with Crippen molar-refractivity contribution >= 4 is 5.78 Å². The maximum Gasteiger partial charge on any atom is 0.196 e. The summed E-state index contributed by atoms with van der Waals surface area (Å²) in [6.07, 6.45) is 3.41. The van der Waals surface area contributed by atoms with Crippen LogP contribution in [0.4, 0.5) is 13.2 Å². The summed E-state index contributed by atoms with van der Waals surface area (Å²) in [5.74, 6) is -5.11. The van der Waals surface area contributed by atoms with Crippen LogP contribution in [0.5, 0.6) is 0 Å². The van der Waals surface area contributed by atoms with Crippen molar-refractivity contribution in [2.45, 2.75) is 13.3 Å². The zero-order valence-electron chi connectivity index (χ0n) is 10.1. The molecule has 0 aliphatic heterocycles. The predicted molar refractivity (Wildman–Crippen MR) is 63.4 cm³/mol. The molecule has 5 heteroatoms. The summed E-state index contributed by atoms with van der Waals surface area (Å²) in [6, 6.07) is 3.11. The standard InChI is InChI=1S/C14H10F3NO/c1-2-8-7-18-6-5-9(8)14(19)10-3-4-11(15)13(17)12(10)16/h3-7H,2H2,1H3. The molecule has 0 aliphatic rings. The van der Waals surface area contributed by atoms with Crippen LogP contribution in [0, 0.1) is 17.5 Å². The largest absolute Gasteiger partial charge is 0.288 e. The van der Waals surface area contributed by atoms with Crippen LogP contribution in [0.2, 0.25) is 0 Å². The average molecular weight is 265 g/mol. The van der Waals surface area contributed by atoms with E-state index in [9.17, 15) is 18.0 Å². The molecular formula is C14H10F3NO. The Morgan fingerprint density at radius 3 is 2.53 bits per heavy atom. The molecule has 0 saturated carbocycles. The van der Waals surface area contributed by atoms with Crippen molar-refractivity contribution in [3.63, 3.8) is 0 Å². The van der Waals surface area contributed by atoms with Gasteiger partial charge in [-0.25, -0.2) is 13.2 Å². The van der Waals surface area contributed by atoms with E-state index < -0.39 is 28.8 Å². The Balaban J connectivity index is 2.54. The SMILES string of the molecule is CCc1cnccc1C(=O)c1ccc(F)c(F)c1F. The fourth-order valence-electron chi connectivity index (χ4n) is 1.78. The third-order valence-electron chi connectivity index (χ3n) is 2.81. The Kier molecular flexibility index (Phi) is 3.64. The Bertz CT molecular complexity index is 641. The first-order valence-corrected chi connectivity index (χ1v) is 5.67. The van der Waals surface area contributed by atoms with Gasteiger partial charge >= 0.3 is 0 Å². The van der Waals surface area contributed by atoms with E-state index >= 15 is 0 Å². The van der Waals surface area contributed by atoms with Crippen molar-refractivity contribution in [2.75, 3.05) is 0 Å². The van der Waals surface area contributed by atoms with Crippen LogP contribution < -0.4 is 0 Å². The van der Waals surface area contributed by atoms with Crippen LogP contribution >= 0.6 is 0 Å². The van der Waals surface area contributed by atoms with Crippen molar-refractivity contribution in [1.82, 2.24) is 4.98 Å². The quantitative estimate of drug-likeness (QED) is 0.629. The molecule has 0 fully saturated rings. The second kappa shape index (κ2) is 5.22. The van der Waals surface area contributed by atoms with Gasteiger partial charge in [-0.3, -0.25) is 9.78 Å². The van der Waals surface area contributed by atoms with Gasteiger partial charge in [0.2, 0.25) is 0 Å². The van der Waals surface area contributed by atoms with Crippen molar-refractivity contribution < 1.29 is 18.0 Å². The van der Waals surface area contributed by atoms with Gasteiger partial charge in [-0.05, 0) is 30.2 Å². The molecular weight excluding hydrogens is 255 g/mol. The lowest BCUT2D eigenvalue weighted by molar-refractivity contribution is 0.103. The van der Waals surface area contributed by atoms with E-state index in [0.29, 0.717) is 12.0 Å². The molecule has 1 heterocycles. The van der Waals surface area contributed by atoms with Crippen molar-refractivity contribution in [3.8, 4) is 0 Å². The number of hydrogen-bond acceptors (Lipinski definition) is 2. The minimum Gasteiger partial charge on any atom is -0.288 e. The second-order valence-electron chi connectivity index (χ2n) is 3.94. The topological polar surface area (TPSA) is 30.0 Å². The molecule has 0 spiro atoms. The van der Waals surface area contributed by atoms with Gasteiger partial charge in [-0.1, -0.05) is 6.92 Å². The number of nitrogens with zero attached hydrogens (tertiary/aromatic N) is 1. The summed E-state index contributed by atoms with van der Waals surface area (Å²) < 4.78 is 39.6. The third-order valence-corrected chi connectivity index (χ3v) is 2.81. The molecule has 0 atom stereocenters. The predicted octanol–water partition coefficient (Wildman–Crippen LogP) is 3.29. The molecule has 0 amide bonds.